The lowest BCUT2D eigenvalue weighted by Crippen LogP contribution is -2.33. The van der Waals surface area contributed by atoms with E-state index >= 15 is 0 Å². The van der Waals surface area contributed by atoms with Crippen LogP contribution in [0.5, 0.6) is 0 Å². The topological polar surface area (TPSA) is 84.5 Å². The molecule has 0 aromatic heterocycles. The smallest absolute Gasteiger partial charge is 0.407 e. The van der Waals surface area contributed by atoms with Gasteiger partial charge in [0.1, 0.15) is 5.60 Å². The number of alkyl carbamates (subject to hydrolysis) is 1. The summed E-state index contributed by atoms with van der Waals surface area (Å²) >= 11 is 0. The summed E-state index contributed by atoms with van der Waals surface area (Å²) in [4.78, 5) is 35.5. The molecule has 0 saturated carbocycles. The Morgan fingerprint density at radius 2 is 1.84 bits per heavy atom. The van der Waals surface area contributed by atoms with Gasteiger partial charge in [0.05, 0.1) is 0 Å². The third kappa shape index (κ3) is 8.88. The summed E-state index contributed by atoms with van der Waals surface area (Å²) in [6.45, 7) is 7.55. The van der Waals surface area contributed by atoms with Crippen LogP contribution in [-0.2, 0) is 9.53 Å². The minimum Gasteiger partial charge on any atom is -0.444 e. The zero-order valence-electron chi connectivity index (χ0n) is 15.5. The molecule has 0 aliphatic rings. The third-order valence-corrected chi connectivity index (χ3v) is 3.25. The summed E-state index contributed by atoms with van der Waals surface area (Å²) in [5, 5.41) is 5.35. The van der Waals surface area contributed by atoms with Gasteiger partial charge in [-0.05, 0) is 39.3 Å². The minimum atomic E-state index is -0.571. The molecule has 0 atom stereocenters. The maximum absolute atomic E-state index is 12.2. The number of hydrogen-bond donors (Lipinski definition) is 2. The maximum atomic E-state index is 12.2. The number of amides is 2. The predicted molar refractivity (Wildman–Crippen MR) is 97.8 cm³/mol. The van der Waals surface area contributed by atoms with Gasteiger partial charge in [-0.1, -0.05) is 25.5 Å². The Labute approximate surface area is 149 Å². The van der Waals surface area contributed by atoms with Crippen LogP contribution in [0.2, 0.25) is 0 Å². The highest BCUT2D eigenvalue weighted by Gasteiger charge is 2.16. The molecule has 0 heterocycles. The van der Waals surface area contributed by atoms with Crippen molar-refractivity contribution in [2.24, 2.45) is 0 Å². The lowest BCUT2D eigenvalue weighted by Gasteiger charge is -2.19. The highest BCUT2D eigenvalue weighted by molar-refractivity contribution is 5.98. The molecular formula is C19H28N2O4. The van der Waals surface area contributed by atoms with Crippen LogP contribution < -0.4 is 10.6 Å². The van der Waals surface area contributed by atoms with Crippen LogP contribution in [0.15, 0.2) is 24.3 Å². The van der Waals surface area contributed by atoms with Gasteiger partial charge in [-0.2, -0.15) is 0 Å². The van der Waals surface area contributed by atoms with Gasteiger partial charge in [0, 0.05) is 30.6 Å². The van der Waals surface area contributed by atoms with Crippen LogP contribution in [-0.4, -0.2) is 29.9 Å². The fourth-order valence-corrected chi connectivity index (χ4v) is 2.07. The first-order chi connectivity index (χ1) is 11.7. The zero-order chi connectivity index (χ0) is 18.9. The van der Waals surface area contributed by atoms with E-state index in [4.69, 9.17) is 4.74 Å². The molecular weight excluding hydrogens is 320 g/mol. The monoisotopic (exact) mass is 348 g/mol. The van der Waals surface area contributed by atoms with Crippen LogP contribution in [0.25, 0.3) is 0 Å². The molecule has 25 heavy (non-hydrogen) atoms. The van der Waals surface area contributed by atoms with E-state index in [1.807, 2.05) is 6.92 Å². The Kier molecular flexibility index (Phi) is 8.11. The van der Waals surface area contributed by atoms with E-state index in [-0.39, 0.29) is 24.7 Å². The van der Waals surface area contributed by atoms with Crippen molar-refractivity contribution in [3.8, 4) is 0 Å². The molecule has 0 saturated heterocycles. The normalized spacial score (nSPS) is 10.9. The van der Waals surface area contributed by atoms with Gasteiger partial charge in [0.15, 0.2) is 5.78 Å². The molecule has 1 aromatic rings. The lowest BCUT2D eigenvalue weighted by molar-refractivity contribution is -0.116. The van der Waals surface area contributed by atoms with Gasteiger partial charge in [-0.25, -0.2) is 4.79 Å². The molecule has 0 fully saturated rings. The summed E-state index contributed by atoms with van der Waals surface area (Å²) in [7, 11) is 0. The number of nitrogens with one attached hydrogen (secondary N) is 2. The summed E-state index contributed by atoms with van der Waals surface area (Å²) < 4.78 is 5.11. The molecule has 0 aliphatic carbocycles. The minimum absolute atomic E-state index is 0.0574. The molecule has 0 aliphatic heterocycles. The van der Waals surface area contributed by atoms with E-state index in [0.29, 0.717) is 17.7 Å². The summed E-state index contributed by atoms with van der Waals surface area (Å²) in [5.41, 5.74) is 0.532. The second-order valence-electron chi connectivity index (χ2n) is 6.83. The van der Waals surface area contributed by atoms with Crippen molar-refractivity contribution >= 4 is 23.5 Å². The second kappa shape index (κ2) is 9.81. The fourth-order valence-electron chi connectivity index (χ4n) is 2.07. The number of anilines is 1. The molecule has 0 bridgehead atoms. The number of rotatable bonds is 8. The SMILES string of the molecule is CCCCC(=O)Nc1cccc(C(=O)CCNC(=O)OC(C)(C)C)c1. The van der Waals surface area contributed by atoms with Gasteiger partial charge in [-0.3, -0.25) is 9.59 Å². The van der Waals surface area contributed by atoms with Crippen molar-refractivity contribution in [3.63, 3.8) is 0 Å². The molecule has 0 spiro atoms. The Morgan fingerprint density at radius 3 is 2.48 bits per heavy atom. The average Bonchev–Trinajstić information content (AvgIpc) is 2.51. The zero-order valence-corrected chi connectivity index (χ0v) is 15.5. The van der Waals surface area contributed by atoms with E-state index < -0.39 is 11.7 Å². The first-order valence-corrected chi connectivity index (χ1v) is 8.61. The van der Waals surface area contributed by atoms with E-state index in [2.05, 4.69) is 10.6 Å². The van der Waals surface area contributed by atoms with Crippen molar-refractivity contribution in [2.45, 2.75) is 59.0 Å². The molecule has 0 radical (unpaired) electrons. The number of carbonyl (C=O) groups is 3. The van der Waals surface area contributed by atoms with Crippen molar-refractivity contribution < 1.29 is 19.1 Å². The molecule has 0 unspecified atom stereocenters. The molecule has 1 rings (SSSR count). The highest BCUT2D eigenvalue weighted by atomic mass is 16.6. The number of carbonyl (C=O) groups excluding carboxylic acids is 3. The van der Waals surface area contributed by atoms with Crippen LogP contribution in [0.4, 0.5) is 10.5 Å². The molecule has 2 amide bonds. The van der Waals surface area contributed by atoms with E-state index in [9.17, 15) is 14.4 Å². The first kappa shape index (κ1) is 20.7. The second-order valence-corrected chi connectivity index (χ2v) is 6.83. The molecule has 6 nitrogen and oxygen atoms in total. The number of benzene rings is 1. The lowest BCUT2D eigenvalue weighted by atomic mass is 10.1. The van der Waals surface area contributed by atoms with Gasteiger partial charge < -0.3 is 15.4 Å². The largest absolute Gasteiger partial charge is 0.444 e. The Balaban J connectivity index is 2.49. The molecule has 6 heteroatoms. The predicted octanol–water partition coefficient (Wildman–Crippen LogP) is 3.91. The van der Waals surface area contributed by atoms with E-state index in [0.717, 1.165) is 12.8 Å². The van der Waals surface area contributed by atoms with Crippen LogP contribution >= 0.6 is 0 Å². The standard InChI is InChI=1S/C19H28N2O4/c1-5-6-10-17(23)21-15-9-7-8-14(13-15)16(22)11-12-20-18(24)25-19(2,3)4/h7-9,13H,5-6,10-12H2,1-4H3,(H,20,24)(H,21,23). The number of ketones is 1. The molecule has 138 valence electrons. The van der Waals surface area contributed by atoms with Crippen molar-refractivity contribution in [3.05, 3.63) is 29.8 Å². The highest BCUT2D eigenvalue weighted by Crippen LogP contribution is 2.13. The van der Waals surface area contributed by atoms with Crippen molar-refractivity contribution in [1.82, 2.24) is 5.32 Å². The Morgan fingerprint density at radius 1 is 1.12 bits per heavy atom. The quantitative estimate of drug-likeness (QED) is 0.698. The van der Waals surface area contributed by atoms with Crippen LogP contribution in [0.1, 0.15) is 63.7 Å². The first-order valence-electron chi connectivity index (χ1n) is 8.61. The third-order valence-electron chi connectivity index (χ3n) is 3.25. The number of Topliss-reactive ketones (excluding diaryl/α,β-unsaturated/α-hetero) is 1. The van der Waals surface area contributed by atoms with Crippen LogP contribution in [0, 0.1) is 0 Å². The Hall–Kier alpha value is -2.37. The average molecular weight is 348 g/mol. The number of unbranched alkanes of at least 4 members (excludes halogenated alkanes) is 1. The summed E-state index contributed by atoms with van der Waals surface area (Å²) in [6, 6.07) is 6.82. The number of hydrogen-bond acceptors (Lipinski definition) is 4. The van der Waals surface area contributed by atoms with Gasteiger partial charge >= 0.3 is 6.09 Å². The summed E-state index contributed by atoms with van der Waals surface area (Å²) in [5.74, 6) is -0.168. The molecule has 1 aromatic carbocycles. The Bertz CT molecular complexity index is 606. The van der Waals surface area contributed by atoms with E-state index in [1.165, 1.54) is 0 Å². The van der Waals surface area contributed by atoms with E-state index in [1.54, 1.807) is 45.0 Å². The summed E-state index contributed by atoms with van der Waals surface area (Å²) in [6.07, 6.45) is 1.87. The fraction of sp³-hybridized carbons (Fsp3) is 0.526. The number of ether oxygens (including phenoxy) is 1. The van der Waals surface area contributed by atoms with Gasteiger partial charge in [0.2, 0.25) is 5.91 Å². The maximum Gasteiger partial charge on any atom is 0.407 e. The van der Waals surface area contributed by atoms with Crippen molar-refractivity contribution in [1.29, 1.82) is 0 Å². The van der Waals surface area contributed by atoms with Gasteiger partial charge in [0.25, 0.3) is 0 Å². The van der Waals surface area contributed by atoms with Crippen molar-refractivity contribution in [2.75, 3.05) is 11.9 Å². The van der Waals surface area contributed by atoms with Crippen LogP contribution in [0.3, 0.4) is 0 Å². The molecule has 2 N–H and O–H groups in total. The van der Waals surface area contributed by atoms with Gasteiger partial charge in [-0.15, -0.1) is 0 Å².